The SMILES string of the molecule is CC[C@H](O)c1ccc(N2CC(O)CC2CN(C)C)cn1. The number of hydrogen-bond donors (Lipinski definition) is 2. The molecule has 0 saturated carbocycles. The van der Waals surface area contributed by atoms with Crippen LogP contribution in [-0.2, 0) is 0 Å². The van der Waals surface area contributed by atoms with E-state index in [0.717, 1.165) is 18.7 Å². The summed E-state index contributed by atoms with van der Waals surface area (Å²) in [5, 5.41) is 19.7. The van der Waals surface area contributed by atoms with Crippen LogP contribution < -0.4 is 4.90 Å². The van der Waals surface area contributed by atoms with E-state index in [1.807, 2.05) is 33.2 Å². The van der Waals surface area contributed by atoms with E-state index in [1.54, 1.807) is 6.20 Å². The second-order valence-corrected chi connectivity index (χ2v) is 5.82. The molecule has 1 aromatic rings. The third kappa shape index (κ3) is 3.48. The molecule has 2 N–H and O–H groups in total. The maximum Gasteiger partial charge on any atom is 0.0957 e. The number of rotatable bonds is 5. The molecule has 2 unspecified atom stereocenters. The Kier molecular flexibility index (Phi) is 4.96. The van der Waals surface area contributed by atoms with Crippen LogP contribution in [0, 0.1) is 0 Å². The largest absolute Gasteiger partial charge is 0.391 e. The van der Waals surface area contributed by atoms with E-state index < -0.39 is 6.10 Å². The van der Waals surface area contributed by atoms with Gasteiger partial charge in [-0.2, -0.15) is 0 Å². The van der Waals surface area contributed by atoms with Gasteiger partial charge in [0.25, 0.3) is 0 Å². The molecule has 2 heterocycles. The lowest BCUT2D eigenvalue weighted by Gasteiger charge is -2.28. The second-order valence-electron chi connectivity index (χ2n) is 5.82. The van der Waals surface area contributed by atoms with Gasteiger partial charge >= 0.3 is 0 Å². The van der Waals surface area contributed by atoms with E-state index in [-0.39, 0.29) is 6.10 Å². The molecular weight excluding hydrogens is 254 g/mol. The van der Waals surface area contributed by atoms with Crippen molar-refractivity contribution in [2.75, 3.05) is 32.1 Å². The second kappa shape index (κ2) is 6.52. The summed E-state index contributed by atoms with van der Waals surface area (Å²) in [6.45, 7) is 3.50. The molecule has 1 fully saturated rings. The van der Waals surface area contributed by atoms with Crippen molar-refractivity contribution in [3.63, 3.8) is 0 Å². The number of β-amino-alcohol motifs (C(OH)–C–C–N with tert-alkyl or cyclic N) is 1. The number of aliphatic hydroxyl groups excluding tert-OH is 2. The van der Waals surface area contributed by atoms with Gasteiger partial charge < -0.3 is 20.0 Å². The maximum atomic E-state index is 9.90. The van der Waals surface area contributed by atoms with Crippen molar-refractivity contribution >= 4 is 5.69 Å². The number of pyridine rings is 1. The van der Waals surface area contributed by atoms with Gasteiger partial charge in [-0.15, -0.1) is 0 Å². The number of anilines is 1. The minimum Gasteiger partial charge on any atom is -0.391 e. The topological polar surface area (TPSA) is 59.8 Å². The lowest BCUT2D eigenvalue weighted by Crippen LogP contribution is -2.37. The van der Waals surface area contributed by atoms with E-state index >= 15 is 0 Å². The first-order valence-electron chi connectivity index (χ1n) is 7.24. The van der Waals surface area contributed by atoms with Gasteiger partial charge in [0.05, 0.1) is 29.8 Å². The molecule has 1 aliphatic rings. The summed E-state index contributed by atoms with van der Waals surface area (Å²) in [6, 6.07) is 4.17. The van der Waals surface area contributed by atoms with E-state index in [4.69, 9.17) is 0 Å². The van der Waals surface area contributed by atoms with Crippen LogP contribution >= 0.6 is 0 Å². The Balaban J connectivity index is 2.12. The quantitative estimate of drug-likeness (QED) is 0.843. The first kappa shape index (κ1) is 15.2. The van der Waals surface area contributed by atoms with Crippen LogP contribution in [0.3, 0.4) is 0 Å². The molecule has 5 heteroatoms. The van der Waals surface area contributed by atoms with Crippen LogP contribution in [0.2, 0.25) is 0 Å². The molecule has 0 spiro atoms. The Bertz CT molecular complexity index is 422. The van der Waals surface area contributed by atoms with Crippen molar-refractivity contribution in [1.29, 1.82) is 0 Å². The van der Waals surface area contributed by atoms with E-state index in [9.17, 15) is 10.2 Å². The van der Waals surface area contributed by atoms with Crippen LogP contribution in [0.5, 0.6) is 0 Å². The number of nitrogens with zero attached hydrogens (tertiary/aromatic N) is 3. The summed E-state index contributed by atoms with van der Waals surface area (Å²) in [7, 11) is 4.09. The minimum atomic E-state index is -0.495. The molecular formula is C15H25N3O2. The predicted octanol–water partition coefficient (Wildman–Crippen LogP) is 1.03. The zero-order valence-electron chi connectivity index (χ0n) is 12.5. The highest BCUT2D eigenvalue weighted by Gasteiger charge is 2.31. The minimum absolute atomic E-state index is 0.277. The Morgan fingerprint density at radius 1 is 1.45 bits per heavy atom. The highest BCUT2D eigenvalue weighted by molar-refractivity contribution is 5.47. The normalized spacial score (nSPS) is 24.4. The van der Waals surface area contributed by atoms with Crippen LogP contribution in [-0.4, -0.2) is 59.4 Å². The number of hydrogen-bond acceptors (Lipinski definition) is 5. The molecule has 0 aromatic carbocycles. The summed E-state index contributed by atoms with van der Waals surface area (Å²) in [4.78, 5) is 8.69. The number of aromatic nitrogens is 1. The first-order valence-corrected chi connectivity index (χ1v) is 7.24. The van der Waals surface area contributed by atoms with Crippen molar-refractivity contribution < 1.29 is 10.2 Å². The predicted molar refractivity (Wildman–Crippen MR) is 79.8 cm³/mol. The lowest BCUT2D eigenvalue weighted by molar-refractivity contribution is 0.169. The Hall–Kier alpha value is -1.17. The Morgan fingerprint density at radius 3 is 2.75 bits per heavy atom. The van der Waals surface area contributed by atoms with Crippen LogP contribution in [0.4, 0.5) is 5.69 Å². The van der Waals surface area contributed by atoms with Crippen molar-refractivity contribution in [2.45, 2.75) is 38.0 Å². The van der Waals surface area contributed by atoms with Gasteiger partial charge in [0, 0.05) is 19.1 Å². The van der Waals surface area contributed by atoms with Crippen LogP contribution in [0.1, 0.15) is 31.6 Å². The molecule has 0 aliphatic carbocycles. The molecule has 1 aliphatic heterocycles. The average molecular weight is 279 g/mol. The molecule has 0 radical (unpaired) electrons. The monoisotopic (exact) mass is 279 g/mol. The van der Waals surface area contributed by atoms with E-state index in [1.165, 1.54) is 0 Å². The van der Waals surface area contributed by atoms with Crippen molar-refractivity contribution in [3.05, 3.63) is 24.0 Å². The maximum absolute atomic E-state index is 9.90. The fourth-order valence-corrected chi connectivity index (χ4v) is 2.78. The van der Waals surface area contributed by atoms with E-state index in [2.05, 4.69) is 14.8 Å². The van der Waals surface area contributed by atoms with E-state index in [0.29, 0.717) is 24.7 Å². The third-order valence-electron chi connectivity index (χ3n) is 3.80. The lowest BCUT2D eigenvalue weighted by atomic mass is 10.1. The van der Waals surface area contributed by atoms with Crippen molar-refractivity contribution in [2.24, 2.45) is 0 Å². The van der Waals surface area contributed by atoms with Crippen LogP contribution in [0.15, 0.2) is 18.3 Å². The van der Waals surface area contributed by atoms with Gasteiger partial charge in [-0.1, -0.05) is 6.92 Å². The zero-order chi connectivity index (χ0) is 14.7. The van der Waals surface area contributed by atoms with Gasteiger partial charge in [-0.25, -0.2) is 0 Å². The molecule has 112 valence electrons. The summed E-state index contributed by atoms with van der Waals surface area (Å²) >= 11 is 0. The molecule has 1 saturated heterocycles. The van der Waals surface area contributed by atoms with Gasteiger partial charge in [0.1, 0.15) is 0 Å². The summed E-state index contributed by atoms with van der Waals surface area (Å²) in [6.07, 6.45) is 2.48. The average Bonchev–Trinajstić information content (AvgIpc) is 2.78. The number of likely N-dealkylation sites (N-methyl/N-ethyl adjacent to an activating group) is 1. The van der Waals surface area contributed by atoms with Gasteiger partial charge in [0.2, 0.25) is 0 Å². The molecule has 1 aromatic heterocycles. The first-order chi connectivity index (χ1) is 9.51. The molecule has 20 heavy (non-hydrogen) atoms. The van der Waals surface area contributed by atoms with Gasteiger partial charge in [0.15, 0.2) is 0 Å². The molecule has 3 atom stereocenters. The highest BCUT2D eigenvalue weighted by atomic mass is 16.3. The Labute approximate surface area is 120 Å². The summed E-state index contributed by atoms with van der Waals surface area (Å²) in [5.41, 5.74) is 1.72. The third-order valence-corrected chi connectivity index (χ3v) is 3.80. The fourth-order valence-electron chi connectivity index (χ4n) is 2.78. The Morgan fingerprint density at radius 2 is 2.20 bits per heavy atom. The van der Waals surface area contributed by atoms with Crippen LogP contribution in [0.25, 0.3) is 0 Å². The molecule has 2 rings (SSSR count). The smallest absolute Gasteiger partial charge is 0.0957 e. The van der Waals surface area contributed by atoms with Gasteiger partial charge in [-0.3, -0.25) is 4.98 Å². The highest BCUT2D eigenvalue weighted by Crippen LogP contribution is 2.26. The standard InChI is InChI=1S/C15H25N3O2/c1-4-15(20)14-6-5-11(8-16-14)18-10-13(19)7-12(18)9-17(2)3/h5-6,8,12-13,15,19-20H,4,7,9-10H2,1-3H3/t12?,13?,15-/m0/s1. The molecule has 0 amide bonds. The summed E-state index contributed by atoms with van der Waals surface area (Å²) < 4.78 is 0. The fraction of sp³-hybridized carbons (Fsp3) is 0.667. The van der Waals surface area contributed by atoms with Gasteiger partial charge in [-0.05, 0) is 39.1 Å². The molecule has 0 bridgehead atoms. The van der Waals surface area contributed by atoms with Crippen molar-refractivity contribution in [3.8, 4) is 0 Å². The molecule has 5 nitrogen and oxygen atoms in total. The summed E-state index contributed by atoms with van der Waals surface area (Å²) in [5.74, 6) is 0. The number of aliphatic hydroxyl groups is 2. The zero-order valence-corrected chi connectivity index (χ0v) is 12.5. The van der Waals surface area contributed by atoms with Crippen molar-refractivity contribution in [1.82, 2.24) is 9.88 Å².